The van der Waals surface area contributed by atoms with Crippen molar-refractivity contribution in [2.45, 2.75) is 20.5 Å². The zero-order valence-corrected chi connectivity index (χ0v) is 15.4. The number of H-pyrrole nitrogens is 1. The van der Waals surface area contributed by atoms with Crippen molar-refractivity contribution in [1.29, 1.82) is 0 Å². The normalized spacial score (nSPS) is 15.8. The van der Waals surface area contributed by atoms with Gasteiger partial charge in [-0.2, -0.15) is 4.98 Å². The second kappa shape index (κ2) is 6.53. The van der Waals surface area contributed by atoms with Gasteiger partial charge in [-0.3, -0.25) is 4.90 Å². The molecular weight excluding hydrogens is 334 g/mol. The van der Waals surface area contributed by atoms with Crippen LogP contribution in [0.4, 0.5) is 5.82 Å². The minimum Gasteiger partial charge on any atom is -0.310 e. The van der Waals surface area contributed by atoms with Gasteiger partial charge in [-0.25, -0.2) is 19.2 Å². The van der Waals surface area contributed by atoms with Crippen molar-refractivity contribution >= 4 is 23.8 Å². The molecule has 2 N–H and O–H groups in total. The van der Waals surface area contributed by atoms with Crippen LogP contribution in [0.2, 0.25) is 0 Å². The molecule has 4 rings (SSSR count). The van der Waals surface area contributed by atoms with E-state index < -0.39 is 0 Å². The summed E-state index contributed by atoms with van der Waals surface area (Å²) in [5.41, 5.74) is 2.08. The molecule has 0 atom stereocenters. The topological polar surface area (TPSA) is 56.9 Å². The Kier molecular flexibility index (Phi) is 4.22. The largest absolute Gasteiger partial charge is 0.310 e. The standard InChI is InChI=1S/C17H21N7S/c1-13-11-14(2)24-16(19-13)20-17(25)23(24)12-21-7-9-22(10-8-21)15-5-3-4-6-18-15/h3-6,11H,7-10,12H2,1-2H3/p+2. The number of piperazine rings is 1. The maximum atomic E-state index is 5.49. The van der Waals surface area contributed by atoms with Gasteiger partial charge in [-0.15, -0.1) is 0 Å². The van der Waals surface area contributed by atoms with Crippen molar-refractivity contribution < 1.29 is 9.88 Å². The van der Waals surface area contributed by atoms with Gasteiger partial charge in [-0.1, -0.05) is 6.07 Å². The molecule has 7 nitrogen and oxygen atoms in total. The summed E-state index contributed by atoms with van der Waals surface area (Å²) in [5, 5.41) is 0. The van der Waals surface area contributed by atoms with Gasteiger partial charge in [0.2, 0.25) is 4.77 Å². The van der Waals surface area contributed by atoms with Crippen LogP contribution in [0.25, 0.3) is 5.78 Å². The highest BCUT2D eigenvalue weighted by molar-refractivity contribution is 7.71. The number of nitrogens with zero attached hydrogens (tertiary/aromatic N) is 5. The van der Waals surface area contributed by atoms with E-state index in [0.29, 0.717) is 10.5 Å². The van der Waals surface area contributed by atoms with Crippen molar-refractivity contribution in [3.8, 4) is 0 Å². The van der Waals surface area contributed by atoms with E-state index in [1.807, 2.05) is 23.7 Å². The lowest BCUT2D eigenvalue weighted by Gasteiger charge is -2.28. The summed E-state index contributed by atoms with van der Waals surface area (Å²) in [4.78, 5) is 16.2. The average molecular weight is 357 g/mol. The molecule has 1 aliphatic heterocycles. The summed E-state index contributed by atoms with van der Waals surface area (Å²) >= 11 is 5.49. The number of hydrogen-bond acceptors (Lipinski definition) is 4. The zero-order chi connectivity index (χ0) is 17.4. The second-order valence-corrected chi connectivity index (χ2v) is 6.95. The van der Waals surface area contributed by atoms with Gasteiger partial charge in [-0.05, 0) is 38.2 Å². The van der Waals surface area contributed by atoms with Crippen LogP contribution in [0.1, 0.15) is 11.4 Å². The fraction of sp³-hybridized carbons (Fsp3) is 0.412. The molecule has 0 saturated carbocycles. The molecule has 1 saturated heterocycles. The first-order chi connectivity index (χ1) is 12.1. The lowest BCUT2D eigenvalue weighted by Crippen LogP contribution is -3.14. The Hall–Kier alpha value is -2.32. The number of aromatic amines is 1. The summed E-state index contributed by atoms with van der Waals surface area (Å²) in [5.74, 6) is 1.88. The lowest BCUT2D eigenvalue weighted by atomic mass is 10.3. The molecule has 3 aromatic rings. The van der Waals surface area contributed by atoms with Crippen molar-refractivity contribution in [2.24, 2.45) is 0 Å². The van der Waals surface area contributed by atoms with Gasteiger partial charge < -0.3 is 4.90 Å². The highest BCUT2D eigenvalue weighted by Gasteiger charge is 2.26. The molecule has 1 aliphatic rings. The van der Waals surface area contributed by atoms with Gasteiger partial charge in [0.05, 0.1) is 6.20 Å². The molecule has 8 heteroatoms. The van der Waals surface area contributed by atoms with Crippen LogP contribution < -0.4 is 14.8 Å². The summed E-state index contributed by atoms with van der Waals surface area (Å²) in [6.45, 7) is 9.06. The van der Waals surface area contributed by atoms with Gasteiger partial charge in [0.25, 0.3) is 11.6 Å². The predicted molar refractivity (Wildman–Crippen MR) is 97.2 cm³/mol. The van der Waals surface area contributed by atoms with Crippen LogP contribution in [0.15, 0.2) is 30.5 Å². The maximum Gasteiger partial charge on any atom is 0.274 e. The van der Waals surface area contributed by atoms with E-state index in [1.54, 1.807) is 0 Å². The molecule has 0 unspecified atom stereocenters. The molecule has 1 fully saturated rings. The van der Waals surface area contributed by atoms with Crippen LogP contribution in [-0.4, -0.2) is 45.3 Å². The Balaban J connectivity index is 1.52. The summed E-state index contributed by atoms with van der Waals surface area (Å²) in [6, 6.07) is 8.28. The second-order valence-electron chi connectivity index (χ2n) is 6.59. The van der Waals surface area contributed by atoms with Crippen LogP contribution in [0.5, 0.6) is 0 Å². The zero-order valence-electron chi connectivity index (χ0n) is 14.6. The van der Waals surface area contributed by atoms with Crippen LogP contribution in [0.3, 0.4) is 0 Å². The monoisotopic (exact) mass is 357 g/mol. The van der Waals surface area contributed by atoms with Crippen molar-refractivity contribution in [3.63, 3.8) is 0 Å². The molecule has 3 aromatic heterocycles. The number of aryl methyl sites for hydroxylation is 2. The molecular formula is C17H23N7S+2. The predicted octanol–water partition coefficient (Wildman–Crippen LogP) is 0.0538. The lowest BCUT2D eigenvalue weighted by molar-refractivity contribution is -0.924. The first kappa shape index (κ1) is 16.2. The number of aromatic nitrogens is 5. The van der Waals surface area contributed by atoms with Crippen molar-refractivity contribution in [2.75, 3.05) is 31.1 Å². The Bertz CT molecular complexity index is 939. The molecule has 25 heavy (non-hydrogen) atoms. The molecule has 0 aliphatic carbocycles. The van der Waals surface area contributed by atoms with E-state index in [-0.39, 0.29) is 0 Å². The smallest absolute Gasteiger partial charge is 0.274 e. The molecule has 130 valence electrons. The van der Waals surface area contributed by atoms with Crippen LogP contribution in [-0.2, 0) is 6.67 Å². The van der Waals surface area contributed by atoms with E-state index in [1.165, 1.54) is 10.7 Å². The number of pyridine rings is 1. The van der Waals surface area contributed by atoms with Gasteiger partial charge in [0.1, 0.15) is 26.2 Å². The number of anilines is 1. The first-order valence-corrected chi connectivity index (χ1v) is 9.02. The third-order valence-corrected chi connectivity index (χ3v) is 5.05. The third kappa shape index (κ3) is 3.14. The molecule has 0 aromatic carbocycles. The number of quaternary nitrogens is 1. The maximum absolute atomic E-state index is 5.49. The summed E-state index contributed by atoms with van der Waals surface area (Å²) < 4.78 is 4.72. The molecule has 0 radical (unpaired) electrons. The Morgan fingerprint density at radius 3 is 2.72 bits per heavy atom. The molecule has 0 amide bonds. The Morgan fingerprint density at radius 1 is 1.20 bits per heavy atom. The minimum atomic E-state index is 0.604. The van der Waals surface area contributed by atoms with E-state index in [4.69, 9.17) is 12.2 Å². The van der Waals surface area contributed by atoms with E-state index >= 15 is 0 Å². The van der Waals surface area contributed by atoms with Gasteiger partial charge >= 0.3 is 0 Å². The SMILES string of the molecule is Cc1cc(C)n2c(n1)nc(=S)n2C[NH+]1CCN(c2cccc[nH+]2)CC1. The number of nitrogens with one attached hydrogen (secondary N) is 2. The van der Waals surface area contributed by atoms with Gasteiger partial charge in [0, 0.05) is 17.5 Å². The summed E-state index contributed by atoms with van der Waals surface area (Å²) in [6.07, 6.45) is 1.98. The van der Waals surface area contributed by atoms with Crippen LogP contribution >= 0.6 is 12.2 Å². The number of rotatable bonds is 3. The first-order valence-electron chi connectivity index (χ1n) is 8.61. The molecule has 0 spiro atoms. The van der Waals surface area contributed by atoms with Crippen molar-refractivity contribution in [3.05, 3.63) is 46.6 Å². The third-order valence-electron chi connectivity index (χ3n) is 4.75. The fourth-order valence-electron chi connectivity index (χ4n) is 3.51. The molecule has 4 heterocycles. The minimum absolute atomic E-state index is 0.604. The Labute approximate surface area is 151 Å². The van der Waals surface area contributed by atoms with E-state index in [2.05, 4.69) is 49.7 Å². The molecule has 0 bridgehead atoms. The number of hydrogen-bond donors (Lipinski definition) is 1. The quantitative estimate of drug-likeness (QED) is 0.673. The van der Waals surface area contributed by atoms with Gasteiger partial charge in [0.15, 0.2) is 6.67 Å². The number of fused-ring (bicyclic) bond motifs is 1. The highest BCUT2D eigenvalue weighted by Crippen LogP contribution is 2.07. The average Bonchev–Trinajstić information content (AvgIpc) is 2.92. The Morgan fingerprint density at radius 2 is 2.00 bits per heavy atom. The van der Waals surface area contributed by atoms with E-state index in [9.17, 15) is 0 Å². The highest BCUT2D eigenvalue weighted by atomic mass is 32.1. The fourth-order valence-corrected chi connectivity index (χ4v) is 3.74. The van der Waals surface area contributed by atoms with E-state index in [0.717, 1.165) is 44.2 Å². The summed E-state index contributed by atoms with van der Waals surface area (Å²) in [7, 11) is 0. The van der Waals surface area contributed by atoms with Crippen LogP contribution in [0, 0.1) is 18.6 Å². The van der Waals surface area contributed by atoms with Crippen molar-refractivity contribution in [1.82, 2.24) is 19.2 Å².